The summed E-state index contributed by atoms with van der Waals surface area (Å²) < 4.78 is 0.564. The molecule has 1 saturated heterocycles. The molecule has 0 bridgehead atoms. The van der Waals surface area contributed by atoms with E-state index in [1.165, 1.54) is 16.2 Å². The maximum absolute atomic E-state index is 11.7. The number of hydrogen-bond acceptors (Lipinski definition) is 3. The van der Waals surface area contributed by atoms with Crippen LogP contribution in [0.4, 0.5) is 0 Å². The summed E-state index contributed by atoms with van der Waals surface area (Å²) in [6.07, 6.45) is 0. The van der Waals surface area contributed by atoms with Gasteiger partial charge in [-0.2, -0.15) is 0 Å². The van der Waals surface area contributed by atoms with Gasteiger partial charge in [0.05, 0.1) is 15.8 Å². The number of thiophene rings is 1. The Hall–Kier alpha value is -1.07. The first-order valence-electron chi connectivity index (χ1n) is 4.34. The number of carbonyl (C=O) groups excluding carboxylic acids is 1. The van der Waals surface area contributed by atoms with Gasteiger partial charge in [0, 0.05) is 18.5 Å². The molecule has 6 heteroatoms. The maximum atomic E-state index is 11.7. The van der Waals surface area contributed by atoms with E-state index in [4.69, 9.17) is 16.7 Å². The molecular formula is C9H8ClNO3S. The minimum absolute atomic E-state index is 0.143. The van der Waals surface area contributed by atoms with Crippen molar-refractivity contribution in [3.8, 4) is 0 Å². The lowest BCUT2D eigenvalue weighted by Gasteiger charge is -2.36. The van der Waals surface area contributed by atoms with Crippen LogP contribution in [0.15, 0.2) is 11.4 Å². The molecule has 2 rings (SSSR count). The van der Waals surface area contributed by atoms with Crippen LogP contribution in [0, 0.1) is 5.92 Å². The number of carbonyl (C=O) groups is 2. The van der Waals surface area contributed by atoms with Crippen molar-refractivity contribution in [2.45, 2.75) is 0 Å². The topological polar surface area (TPSA) is 57.6 Å². The van der Waals surface area contributed by atoms with Crippen molar-refractivity contribution in [3.05, 3.63) is 21.3 Å². The van der Waals surface area contributed by atoms with E-state index in [0.717, 1.165) is 0 Å². The Labute approximate surface area is 95.1 Å². The summed E-state index contributed by atoms with van der Waals surface area (Å²) in [7, 11) is 0. The Morgan fingerprint density at radius 1 is 1.53 bits per heavy atom. The highest BCUT2D eigenvalue weighted by Gasteiger charge is 2.36. The Morgan fingerprint density at radius 2 is 2.20 bits per heavy atom. The van der Waals surface area contributed by atoms with Gasteiger partial charge in [-0.3, -0.25) is 9.59 Å². The Morgan fingerprint density at radius 3 is 2.67 bits per heavy atom. The Balaban J connectivity index is 1.97. The summed E-state index contributed by atoms with van der Waals surface area (Å²) in [5, 5.41) is 10.3. The van der Waals surface area contributed by atoms with E-state index < -0.39 is 11.9 Å². The average molecular weight is 246 g/mol. The number of amides is 1. The van der Waals surface area contributed by atoms with E-state index in [1.807, 2.05) is 0 Å². The first-order valence-corrected chi connectivity index (χ1v) is 5.60. The molecule has 1 amide bonds. The molecule has 0 radical (unpaired) electrons. The zero-order valence-electron chi connectivity index (χ0n) is 7.64. The van der Waals surface area contributed by atoms with Gasteiger partial charge < -0.3 is 10.0 Å². The second-order valence-electron chi connectivity index (χ2n) is 3.38. The zero-order chi connectivity index (χ0) is 11.0. The van der Waals surface area contributed by atoms with Crippen LogP contribution in [-0.2, 0) is 4.79 Å². The van der Waals surface area contributed by atoms with Gasteiger partial charge in [-0.05, 0) is 6.07 Å². The molecule has 1 aromatic rings. The lowest BCUT2D eigenvalue weighted by molar-refractivity contribution is -0.146. The van der Waals surface area contributed by atoms with Crippen LogP contribution in [0.5, 0.6) is 0 Å². The van der Waals surface area contributed by atoms with Crippen molar-refractivity contribution in [2.24, 2.45) is 5.92 Å². The van der Waals surface area contributed by atoms with E-state index >= 15 is 0 Å². The molecule has 1 fully saturated rings. The molecule has 15 heavy (non-hydrogen) atoms. The molecular weight excluding hydrogens is 238 g/mol. The number of carboxylic acid groups (broad SMARTS) is 1. The van der Waals surface area contributed by atoms with Gasteiger partial charge in [0.2, 0.25) is 0 Å². The normalized spacial score (nSPS) is 16.2. The summed E-state index contributed by atoms with van der Waals surface area (Å²) in [5.74, 6) is -1.40. The number of nitrogens with zero attached hydrogens (tertiary/aromatic N) is 1. The van der Waals surface area contributed by atoms with E-state index in [-0.39, 0.29) is 5.91 Å². The molecule has 1 aliphatic heterocycles. The van der Waals surface area contributed by atoms with Crippen molar-refractivity contribution in [3.63, 3.8) is 0 Å². The summed E-state index contributed by atoms with van der Waals surface area (Å²) in [6, 6.07) is 1.60. The maximum Gasteiger partial charge on any atom is 0.310 e. The fourth-order valence-corrected chi connectivity index (χ4v) is 2.26. The van der Waals surface area contributed by atoms with Crippen LogP contribution in [-0.4, -0.2) is 35.0 Å². The van der Waals surface area contributed by atoms with Crippen molar-refractivity contribution in [1.82, 2.24) is 4.90 Å². The zero-order valence-corrected chi connectivity index (χ0v) is 9.22. The molecule has 0 aliphatic carbocycles. The SMILES string of the molecule is O=C(O)C1CN(C(=O)c2csc(Cl)c2)C1. The van der Waals surface area contributed by atoms with Gasteiger partial charge in [-0.1, -0.05) is 11.6 Å². The highest BCUT2D eigenvalue weighted by molar-refractivity contribution is 7.14. The largest absolute Gasteiger partial charge is 0.481 e. The highest BCUT2D eigenvalue weighted by atomic mass is 35.5. The predicted octanol–water partition coefficient (Wildman–Crippen LogP) is 1.56. The van der Waals surface area contributed by atoms with E-state index in [0.29, 0.717) is 23.0 Å². The number of likely N-dealkylation sites (tertiary alicyclic amines) is 1. The lowest BCUT2D eigenvalue weighted by atomic mass is 10.00. The van der Waals surface area contributed by atoms with Gasteiger partial charge in [0.15, 0.2) is 0 Å². The number of rotatable bonds is 2. The second-order valence-corrected chi connectivity index (χ2v) is 4.93. The average Bonchev–Trinajstić information content (AvgIpc) is 2.48. The Bertz CT molecular complexity index is 411. The van der Waals surface area contributed by atoms with Crippen molar-refractivity contribution in [1.29, 1.82) is 0 Å². The van der Waals surface area contributed by atoms with Gasteiger partial charge in [0.1, 0.15) is 0 Å². The minimum Gasteiger partial charge on any atom is -0.481 e. The molecule has 0 saturated carbocycles. The van der Waals surface area contributed by atoms with E-state index in [1.54, 1.807) is 11.4 Å². The molecule has 1 aromatic heterocycles. The molecule has 1 aliphatic rings. The van der Waals surface area contributed by atoms with Crippen LogP contribution >= 0.6 is 22.9 Å². The van der Waals surface area contributed by atoms with E-state index in [2.05, 4.69) is 0 Å². The summed E-state index contributed by atoms with van der Waals surface area (Å²) in [4.78, 5) is 23.7. The van der Waals surface area contributed by atoms with Gasteiger partial charge >= 0.3 is 5.97 Å². The monoisotopic (exact) mass is 245 g/mol. The molecule has 2 heterocycles. The van der Waals surface area contributed by atoms with E-state index in [9.17, 15) is 9.59 Å². The highest BCUT2D eigenvalue weighted by Crippen LogP contribution is 2.24. The third kappa shape index (κ3) is 1.98. The first-order chi connectivity index (χ1) is 7.08. The van der Waals surface area contributed by atoms with Gasteiger partial charge in [0.25, 0.3) is 5.91 Å². The van der Waals surface area contributed by atoms with Crippen LogP contribution in [0.25, 0.3) is 0 Å². The first kappa shape index (κ1) is 10.4. The van der Waals surface area contributed by atoms with Gasteiger partial charge in [-0.15, -0.1) is 11.3 Å². The number of aliphatic carboxylic acids is 1. The molecule has 4 nitrogen and oxygen atoms in total. The fourth-order valence-electron chi connectivity index (χ4n) is 1.41. The van der Waals surface area contributed by atoms with Gasteiger partial charge in [-0.25, -0.2) is 0 Å². The molecule has 0 unspecified atom stereocenters. The molecule has 1 N–H and O–H groups in total. The summed E-state index contributed by atoms with van der Waals surface area (Å²) in [6.45, 7) is 0.587. The molecule has 0 aromatic carbocycles. The van der Waals surface area contributed by atoms with Crippen LogP contribution < -0.4 is 0 Å². The third-order valence-corrected chi connectivity index (χ3v) is 3.42. The fraction of sp³-hybridized carbons (Fsp3) is 0.333. The molecule has 0 atom stereocenters. The lowest BCUT2D eigenvalue weighted by Crippen LogP contribution is -2.52. The second kappa shape index (κ2) is 3.83. The Kier molecular flexibility index (Phi) is 2.67. The summed E-state index contributed by atoms with van der Waals surface area (Å²) in [5.41, 5.74) is 0.536. The minimum atomic E-state index is -0.845. The third-order valence-electron chi connectivity index (χ3n) is 2.33. The number of hydrogen-bond donors (Lipinski definition) is 1. The van der Waals surface area contributed by atoms with Crippen molar-refractivity contribution in [2.75, 3.05) is 13.1 Å². The predicted molar refractivity (Wildman–Crippen MR) is 56.4 cm³/mol. The summed E-state index contributed by atoms with van der Waals surface area (Å²) >= 11 is 7.00. The number of halogens is 1. The van der Waals surface area contributed by atoms with Crippen LogP contribution in [0.2, 0.25) is 4.34 Å². The quantitative estimate of drug-likeness (QED) is 0.860. The van der Waals surface area contributed by atoms with Crippen LogP contribution in [0.1, 0.15) is 10.4 Å². The van der Waals surface area contributed by atoms with Crippen molar-refractivity contribution < 1.29 is 14.7 Å². The molecule has 0 spiro atoms. The number of carboxylic acids is 1. The van der Waals surface area contributed by atoms with Crippen molar-refractivity contribution >= 4 is 34.8 Å². The van der Waals surface area contributed by atoms with Crippen LogP contribution in [0.3, 0.4) is 0 Å². The standard InChI is InChI=1S/C9H8ClNO3S/c10-7-1-5(4-15-7)8(12)11-2-6(3-11)9(13)14/h1,4,6H,2-3H2,(H,13,14). The smallest absolute Gasteiger partial charge is 0.310 e. The molecule has 80 valence electrons.